The van der Waals surface area contributed by atoms with E-state index in [0.29, 0.717) is 52.4 Å². The molecule has 3 aromatic heterocycles. The summed E-state index contributed by atoms with van der Waals surface area (Å²) in [6.07, 6.45) is 4.83. The van der Waals surface area contributed by atoms with E-state index in [1.807, 2.05) is 12.1 Å². The SMILES string of the molecule is CN(c1nc2ccccc2s1)C1CCN(CC(O)COc2ccc(F)cc2)CC1.Cc1ncc(CSSCc2cnc(C)c(O)c2CO)c(CO)c1O. The van der Waals surface area contributed by atoms with Crippen molar-refractivity contribution >= 4 is 48.3 Å². The van der Waals surface area contributed by atoms with Crippen molar-refractivity contribution in [2.75, 3.05) is 38.2 Å². The Morgan fingerprint density at radius 1 is 0.906 bits per heavy atom. The van der Waals surface area contributed by atoms with E-state index in [2.05, 4.69) is 38.9 Å². The van der Waals surface area contributed by atoms with Crippen molar-refractivity contribution in [1.82, 2.24) is 19.9 Å². The topological polar surface area (TPSA) is 156 Å². The summed E-state index contributed by atoms with van der Waals surface area (Å²) >= 11 is 1.74. The number of nitrogens with zero attached hydrogens (tertiary/aromatic N) is 5. The van der Waals surface area contributed by atoms with Gasteiger partial charge >= 0.3 is 0 Å². The van der Waals surface area contributed by atoms with Crippen LogP contribution in [-0.2, 0) is 24.7 Å². The van der Waals surface area contributed by atoms with E-state index in [0.717, 1.165) is 47.7 Å². The van der Waals surface area contributed by atoms with Crippen molar-refractivity contribution < 1.29 is 34.7 Å². The molecule has 15 heteroatoms. The molecule has 1 aliphatic heterocycles. The number of pyridine rings is 2. The number of aromatic hydroxyl groups is 2. The minimum atomic E-state index is -0.571. The van der Waals surface area contributed by atoms with Crippen LogP contribution in [0, 0.1) is 19.7 Å². The first-order valence-electron chi connectivity index (χ1n) is 17.2. The molecule has 1 aliphatic rings. The van der Waals surface area contributed by atoms with E-state index in [-0.39, 0.29) is 37.1 Å². The van der Waals surface area contributed by atoms with Gasteiger partial charge in [0.1, 0.15) is 35.8 Å². The molecule has 0 spiro atoms. The molecule has 284 valence electrons. The Labute approximate surface area is 320 Å². The van der Waals surface area contributed by atoms with Crippen molar-refractivity contribution in [2.24, 2.45) is 0 Å². The summed E-state index contributed by atoms with van der Waals surface area (Å²) in [5, 5.41) is 50.1. The molecule has 1 saturated heterocycles. The van der Waals surface area contributed by atoms with E-state index in [9.17, 15) is 29.9 Å². The number of aromatic nitrogens is 3. The molecule has 11 nitrogen and oxygen atoms in total. The van der Waals surface area contributed by atoms with E-state index >= 15 is 0 Å². The number of halogens is 1. The third-order valence-electron chi connectivity index (χ3n) is 9.10. The highest BCUT2D eigenvalue weighted by molar-refractivity contribution is 8.76. The Bertz CT molecular complexity index is 1830. The van der Waals surface area contributed by atoms with Crippen LogP contribution >= 0.6 is 32.9 Å². The fourth-order valence-corrected chi connectivity index (χ4v) is 9.09. The summed E-state index contributed by atoms with van der Waals surface area (Å²) in [6.45, 7) is 5.57. The van der Waals surface area contributed by atoms with Crippen LogP contribution in [0.2, 0.25) is 0 Å². The Morgan fingerprint density at radius 2 is 1.47 bits per heavy atom. The maximum atomic E-state index is 12.9. The Balaban J connectivity index is 0.000000209. The smallest absolute Gasteiger partial charge is 0.186 e. The summed E-state index contributed by atoms with van der Waals surface area (Å²) in [5.41, 5.74) is 4.61. The molecule has 53 heavy (non-hydrogen) atoms. The molecule has 5 N–H and O–H groups in total. The highest BCUT2D eigenvalue weighted by Crippen LogP contribution is 2.35. The lowest BCUT2D eigenvalue weighted by Gasteiger charge is -2.37. The number of anilines is 1. The predicted octanol–water partition coefficient (Wildman–Crippen LogP) is 6.35. The molecule has 5 aromatic rings. The zero-order valence-electron chi connectivity index (χ0n) is 30.0. The molecule has 4 heterocycles. The largest absolute Gasteiger partial charge is 0.506 e. The number of aryl methyl sites for hydroxylation is 2. The third-order valence-corrected chi connectivity index (χ3v) is 12.5. The lowest BCUT2D eigenvalue weighted by Crippen LogP contribution is -2.46. The zero-order valence-corrected chi connectivity index (χ0v) is 32.4. The third kappa shape index (κ3) is 10.9. The van der Waals surface area contributed by atoms with Gasteiger partial charge in [-0.3, -0.25) is 9.97 Å². The quantitative estimate of drug-likeness (QED) is 0.0629. The summed E-state index contributed by atoms with van der Waals surface area (Å²) in [7, 11) is 5.20. The number of hydrogen-bond acceptors (Lipinski definition) is 14. The van der Waals surface area contributed by atoms with Crippen LogP contribution in [0.4, 0.5) is 9.52 Å². The molecule has 1 unspecified atom stereocenters. The molecular weight excluding hydrogens is 738 g/mol. The second-order valence-corrected chi connectivity index (χ2v) is 16.2. The predicted molar refractivity (Wildman–Crippen MR) is 211 cm³/mol. The Morgan fingerprint density at radius 3 is 2.02 bits per heavy atom. The molecule has 0 bridgehead atoms. The minimum absolute atomic E-state index is 0.0378. The molecule has 1 atom stereocenters. The van der Waals surface area contributed by atoms with Gasteiger partial charge in [0, 0.05) is 67.8 Å². The number of thiazole rings is 1. The van der Waals surface area contributed by atoms with E-state index in [1.165, 1.54) is 38.4 Å². The molecular formula is C38H46FN5O6S3. The number of hydrogen-bond donors (Lipinski definition) is 5. The molecule has 0 radical (unpaired) electrons. The van der Waals surface area contributed by atoms with Gasteiger partial charge in [0.15, 0.2) is 5.13 Å². The van der Waals surface area contributed by atoms with Crippen molar-refractivity contribution in [3.05, 3.63) is 100 Å². The normalized spacial score (nSPS) is 14.2. The van der Waals surface area contributed by atoms with Crippen LogP contribution < -0.4 is 9.64 Å². The first kappa shape index (κ1) is 40.5. The van der Waals surface area contributed by atoms with Gasteiger partial charge in [-0.1, -0.05) is 45.1 Å². The number of aliphatic hydroxyl groups is 3. The van der Waals surface area contributed by atoms with Gasteiger partial charge in [-0.05, 0) is 74.2 Å². The minimum Gasteiger partial charge on any atom is -0.506 e. The van der Waals surface area contributed by atoms with Crippen LogP contribution in [0.1, 0.15) is 46.5 Å². The van der Waals surface area contributed by atoms with Crippen LogP contribution in [0.5, 0.6) is 17.2 Å². The zero-order chi connectivity index (χ0) is 37.9. The monoisotopic (exact) mass is 783 g/mol. The van der Waals surface area contributed by atoms with Crippen LogP contribution in [0.15, 0.2) is 60.9 Å². The van der Waals surface area contributed by atoms with Crippen molar-refractivity contribution in [2.45, 2.75) is 63.6 Å². The Hall–Kier alpha value is -3.70. The number of aliphatic hydroxyl groups excluding tert-OH is 3. The van der Waals surface area contributed by atoms with E-state index in [4.69, 9.17) is 9.72 Å². The van der Waals surface area contributed by atoms with E-state index < -0.39 is 6.10 Å². The molecule has 6 rings (SSSR count). The Kier molecular flexibility index (Phi) is 15.0. The highest BCUT2D eigenvalue weighted by Gasteiger charge is 2.25. The summed E-state index contributed by atoms with van der Waals surface area (Å²) in [6, 6.07) is 14.6. The van der Waals surface area contributed by atoms with Gasteiger partial charge in [-0.25, -0.2) is 9.37 Å². The van der Waals surface area contributed by atoms with Crippen molar-refractivity contribution in [3.63, 3.8) is 0 Å². The number of ether oxygens (including phenoxy) is 1. The lowest BCUT2D eigenvalue weighted by molar-refractivity contribution is 0.0595. The van der Waals surface area contributed by atoms with E-state index in [1.54, 1.807) is 49.7 Å². The number of benzene rings is 2. The van der Waals surface area contributed by atoms with Crippen LogP contribution in [0.25, 0.3) is 10.2 Å². The molecule has 1 fully saturated rings. The number of fused-ring (bicyclic) bond motifs is 1. The summed E-state index contributed by atoms with van der Waals surface area (Å²) in [4.78, 5) is 17.6. The standard InChI is InChI=1S/C22H26FN3O2S.C16H20N2O4S2/c1-25(22-24-20-4-2-3-5-21(20)29-22)17-10-12-26(13-11-17)14-18(27)15-28-19-8-6-16(23)7-9-19;1-9-15(21)13(5-19)11(3-17-9)7-23-24-8-12-4-18-10(2)16(22)14(12)6-20/h2-9,17-18,27H,10-15H2,1H3;3-4,19-22H,5-8H2,1-2H3. The maximum absolute atomic E-state index is 12.9. The maximum Gasteiger partial charge on any atom is 0.186 e. The fraction of sp³-hybridized carbons (Fsp3) is 0.395. The first-order chi connectivity index (χ1) is 25.6. The number of piperidine rings is 1. The average Bonchev–Trinajstić information content (AvgIpc) is 3.61. The van der Waals surface area contributed by atoms with Gasteiger partial charge in [0.2, 0.25) is 0 Å². The van der Waals surface area contributed by atoms with Gasteiger partial charge in [0.25, 0.3) is 0 Å². The summed E-state index contributed by atoms with van der Waals surface area (Å²) in [5.74, 6) is 1.49. The van der Waals surface area contributed by atoms with Crippen LogP contribution in [-0.4, -0.2) is 90.8 Å². The van der Waals surface area contributed by atoms with Crippen molar-refractivity contribution in [3.8, 4) is 17.2 Å². The van der Waals surface area contributed by atoms with Crippen molar-refractivity contribution in [1.29, 1.82) is 0 Å². The number of β-amino-alcohol motifs (C(OH)–C–C–N with tert-alkyl or cyclic N) is 1. The second kappa shape index (κ2) is 19.6. The number of rotatable bonds is 14. The number of para-hydroxylation sites is 1. The van der Waals surface area contributed by atoms with Crippen LogP contribution in [0.3, 0.4) is 0 Å². The lowest BCUT2D eigenvalue weighted by atomic mass is 10.0. The first-order valence-corrected chi connectivity index (χ1v) is 20.5. The number of likely N-dealkylation sites (tertiary alicyclic amines) is 1. The van der Waals surface area contributed by atoms with Gasteiger partial charge < -0.3 is 40.1 Å². The molecule has 0 amide bonds. The fourth-order valence-electron chi connectivity index (χ4n) is 5.91. The summed E-state index contributed by atoms with van der Waals surface area (Å²) < 4.78 is 19.7. The van der Waals surface area contributed by atoms with Gasteiger partial charge in [0.05, 0.1) is 34.8 Å². The molecule has 2 aromatic carbocycles. The molecule has 0 saturated carbocycles. The van der Waals surface area contributed by atoms with Gasteiger partial charge in [-0.15, -0.1) is 0 Å². The average molecular weight is 784 g/mol. The highest BCUT2D eigenvalue weighted by atomic mass is 33.1. The molecule has 0 aliphatic carbocycles. The van der Waals surface area contributed by atoms with Gasteiger partial charge in [-0.2, -0.15) is 0 Å². The second-order valence-electron chi connectivity index (χ2n) is 12.8.